The zero-order valence-corrected chi connectivity index (χ0v) is 17.1. The Labute approximate surface area is 162 Å². The van der Waals surface area contributed by atoms with E-state index in [-0.39, 0.29) is 35.5 Å². The van der Waals surface area contributed by atoms with Gasteiger partial charge in [-0.1, -0.05) is 42.8 Å². The standard InChI is InChI=1S/C20H25BrN2O3/c1-19(2)15-9-10-20(19,3)18(26)23(17(15)25)11-5-8-16(24)22-14-7-4-6-13(21)12-14/h4,6-7,12,15H,5,8-11H2,1-3H3,(H,22,24). The number of imide groups is 1. The number of carbonyl (C=O) groups is 3. The molecule has 140 valence electrons. The van der Waals surface area contributed by atoms with E-state index in [0.29, 0.717) is 13.0 Å². The molecular formula is C20H25BrN2O3. The number of amides is 3. The molecule has 1 heterocycles. The van der Waals surface area contributed by atoms with Crippen LogP contribution in [-0.2, 0) is 14.4 Å². The summed E-state index contributed by atoms with van der Waals surface area (Å²) in [6.45, 7) is 6.35. The molecule has 1 aliphatic heterocycles. The Kier molecular flexibility index (Phi) is 4.99. The van der Waals surface area contributed by atoms with Crippen LogP contribution in [0.4, 0.5) is 5.69 Å². The highest BCUT2D eigenvalue weighted by Gasteiger charge is 2.64. The number of hydrogen-bond donors (Lipinski definition) is 1. The van der Waals surface area contributed by atoms with Gasteiger partial charge in [-0.15, -0.1) is 0 Å². The van der Waals surface area contributed by atoms with Crippen molar-refractivity contribution in [2.24, 2.45) is 16.7 Å². The molecule has 5 nitrogen and oxygen atoms in total. The first kappa shape index (κ1) is 19.1. The lowest BCUT2D eigenvalue weighted by Gasteiger charge is -2.47. The number of carbonyl (C=O) groups excluding carboxylic acids is 3. The lowest BCUT2D eigenvalue weighted by Crippen LogP contribution is -2.59. The van der Waals surface area contributed by atoms with Crippen molar-refractivity contribution < 1.29 is 14.4 Å². The second-order valence-electron chi connectivity index (χ2n) is 8.10. The fourth-order valence-electron chi connectivity index (χ4n) is 4.30. The minimum absolute atomic E-state index is 0.0672. The minimum Gasteiger partial charge on any atom is -0.326 e. The fraction of sp³-hybridized carbons (Fsp3) is 0.550. The molecule has 1 aromatic carbocycles. The molecule has 26 heavy (non-hydrogen) atoms. The molecule has 0 aromatic heterocycles. The highest BCUT2D eigenvalue weighted by atomic mass is 79.9. The largest absolute Gasteiger partial charge is 0.326 e. The van der Waals surface area contributed by atoms with Crippen LogP contribution in [0.5, 0.6) is 0 Å². The summed E-state index contributed by atoms with van der Waals surface area (Å²) >= 11 is 3.37. The summed E-state index contributed by atoms with van der Waals surface area (Å²) in [5, 5.41) is 2.84. The van der Waals surface area contributed by atoms with Gasteiger partial charge in [-0.05, 0) is 42.9 Å². The van der Waals surface area contributed by atoms with Gasteiger partial charge >= 0.3 is 0 Å². The van der Waals surface area contributed by atoms with Crippen LogP contribution in [-0.4, -0.2) is 29.2 Å². The number of piperidine rings is 1. The molecule has 0 spiro atoms. The number of rotatable bonds is 5. The van der Waals surface area contributed by atoms with Crippen LogP contribution in [0, 0.1) is 16.7 Å². The molecule has 1 saturated carbocycles. The summed E-state index contributed by atoms with van der Waals surface area (Å²) in [4.78, 5) is 39.2. The van der Waals surface area contributed by atoms with Gasteiger partial charge in [-0.2, -0.15) is 0 Å². The number of fused-ring (bicyclic) bond motifs is 2. The molecule has 2 fully saturated rings. The number of nitrogens with one attached hydrogen (secondary N) is 1. The topological polar surface area (TPSA) is 66.5 Å². The average Bonchev–Trinajstić information content (AvgIpc) is 2.75. The van der Waals surface area contributed by atoms with Crippen LogP contribution < -0.4 is 5.32 Å². The Morgan fingerprint density at radius 2 is 2.04 bits per heavy atom. The van der Waals surface area contributed by atoms with E-state index in [1.807, 2.05) is 45.0 Å². The first-order valence-corrected chi connectivity index (χ1v) is 9.87. The van der Waals surface area contributed by atoms with Gasteiger partial charge < -0.3 is 5.32 Å². The van der Waals surface area contributed by atoms with Crippen LogP contribution in [0.2, 0.25) is 0 Å². The van der Waals surface area contributed by atoms with Crippen LogP contribution in [0.25, 0.3) is 0 Å². The quantitative estimate of drug-likeness (QED) is 0.732. The molecule has 2 atom stereocenters. The maximum Gasteiger partial charge on any atom is 0.235 e. The highest BCUT2D eigenvalue weighted by molar-refractivity contribution is 9.10. The monoisotopic (exact) mass is 420 g/mol. The van der Waals surface area contributed by atoms with E-state index in [4.69, 9.17) is 0 Å². The summed E-state index contributed by atoms with van der Waals surface area (Å²) in [6, 6.07) is 7.39. The van der Waals surface area contributed by atoms with Crippen molar-refractivity contribution in [2.45, 2.75) is 46.5 Å². The van der Waals surface area contributed by atoms with Crippen molar-refractivity contribution in [3.05, 3.63) is 28.7 Å². The van der Waals surface area contributed by atoms with E-state index in [0.717, 1.165) is 23.0 Å². The predicted molar refractivity (Wildman–Crippen MR) is 103 cm³/mol. The second kappa shape index (κ2) is 6.80. The Morgan fingerprint density at radius 1 is 1.31 bits per heavy atom. The van der Waals surface area contributed by atoms with Crippen molar-refractivity contribution in [2.75, 3.05) is 11.9 Å². The van der Waals surface area contributed by atoms with Crippen LogP contribution in [0.3, 0.4) is 0 Å². The third kappa shape index (κ3) is 3.08. The summed E-state index contributed by atoms with van der Waals surface area (Å²) in [7, 11) is 0. The number of nitrogens with zero attached hydrogens (tertiary/aromatic N) is 1. The molecule has 3 amide bonds. The first-order valence-electron chi connectivity index (χ1n) is 9.08. The molecular weight excluding hydrogens is 396 g/mol. The minimum atomic E-state index is -0.482. The van der Waals surface area contributed by atoms with Gasteiger partial charge in [0.2, 0.25) is 17.7 Å². The zero-order valence-electron chi connectivity index (χ0n) is 15.5. The molecule has 3 rings (SSSR count). The van der Waals surface area contributed by atoms with Gasteiger partial charge in [-0.25, -0.2) is 0 Å². The van der Waals surface area contributed by atoms with Gasteiger partial charge in [-0.3, -0.25) is 19.3 Å². The van der Waals surface area contributed by atoms with Crippen LogP contribution >= 0.6 is 15.9 Å². The van der Waals surface area contributed by atoms with E-state index in [2.05, 4.69) is 21.2 Å². The van der Waals surface area contributed by atoms with E-state index in [1.165, 1.54) is 4.90 Å². The molecule has 1 N–H and O–H groups in total. The van der Waals surface area contributed by atoms with E-state index >= 15 is 0 Å². The maximum absolute atomic E-state index is 12.9. The highest BCUT2D eigenvalue weighted by Crippen LogP contribution is 2.60. The normalized spacial score (nSPS) is 26.9. The lowest BCUT2D eigenvalue weighted by atomic mass is 9.62. The molecule has 2 bridgehead atoms. The smallest absolute Gasteiger partial charge is 0.235 e. The van der Waals surface area contributed by atoms with E-state index in [1.54, 1.807) is 0 Å². The first-order chi connectivity index (χ1) is 12.2. The Bertz CT molecular complexity index is 761. The molecule has 1 aromatic rings. The van der Waals surface area contributed by atoms with Crippen LogP contribution in [0.1, 0.15) is 46.5 Å². The van der Waals surface area contributed by atoms with Crippen molar-refractivity contribution in [3.63, 3.8) is 0 Å². The average molecular weight is 421 g/mol. The van der Waals surface area contributed by atoms with Crippen molar-refractivity contribution in [3.8, 4) is 0 Å². The van der Waals surface area contributed by atoms with E-state index < -0.39 is 5.41 Å². The summed E-state index contributed by atoms with van der Waals surface area (Å²) < 4.78 is 0.895. The number of hydrogen-bond acceptors (Lipinski definition) is 3. The molecule has 2 unspecified atom stereocenters. The number of halogens is 1. The van der Waals surface area contributed by atoms with Gasteiger partial charge in [0.05, 0.1) is 5.41 Å². The fourth-order valence-corrected chi connectivity index (χ4v) is 4.70. The zero-order chi connectivity index (χ0) is 19.1. The number of likely N-dealkylation sites (tertiary alicyclic amines) is 1. The molecule has 1 aliphatic carbocycles. The summed E-state index contributed by atoms with van der Waals surface area (Å²) in [5.41, 5.74) is -0.0540. The van der Waals surface area contributed by atoms with Crippen molar-refractivity contribution in [1.29, 1.82) is 0 Å². The predicted octanol–water partition coefficient (Wildman–Crippen LogP) is 3.98. The lowest BCUT2D eigenvalue weighted by molar-refractivity contribution is -0.168. The van der Waals surface area contributed by atoms with E-state index in [9.17, 15) is 14.4 Å². The number of anilines is 1. The number of benzene rings is 1. The Balaban J connectivity index is 1.58. The second-order valence-corrected chi connectivity index (χ2v) is 9.02. The van der Waals surface area contributed by atoms with Gasteiger partial charge in [0, 0.05) is 29.0 Å². The van der Waals surface area contributed by atoms with Gasteiger partial charge in [0.1, 0.15) is 0 Å². The third-order valence-electron chi connectivity index (χ3n) is 6.40. The Hall–Kier alpha value is -1.69. The SMILES string of the molecule is CC12CCC(C(=O)N(CCCC(=O)Nc3cccc(Br)c3)C1=O)C2(C)C. The van der Waals surface area contributed by atoms with Gasteiger partial charge in [0.25, 0.3) is 0 Å². The van der Waals surface area contributed by atoms with Crippen LogP contribution in [0.15, 0.2) is 28.7 Å². The van der Waals surface area contributed by atoms with Crippen molar-refractivity contribution in [1.82, 2.24) is 4.90 Å². The molecule has 1 saturated heterocycles. The summed E-state index contributed by atoms with van der Waals surface area (Å²) in [6.07, 6.45) is 2.28. The molecule has 2 aliphatic rings. The third-order valence-corrected chi connectivity index (χ3v) is 6.89. The summed E-state index contributed by atoms with van der Waals surface area (Å²) in [5.74, 6) is -0.355. The molecule has 0 radical (unpaired) electrons. The van der Waals surface area contributed by atoms with Gasteiger partial charge in [0.15, 0.2) is 0 Å². The maximum atomic E-state index is 12.9. The molecule has 6 heteroatoms. The van der Waals surface area contributed by atoms with Crippen molar-refractivity contribution >= 4 is 39.3 Å². The Morgan fingerprint density at radius 3 is 2.73 bits per heavy atom.